The highest BCUT2D eigenvalue weighted by Crippen LogP contribution is 2.43. The van der Waals surface area contributed by atoms with Crippen LogP contribution in [0.25, 0.3) is 0 Å². The second kappa shape index (κ2) is 13.7. The van der Waals surface area contributed by atoms with Gasteiger partial charge >= 0.3 is 0 Å². The van der Waals surface area contributed by atoms with Crippen molar-refractivity contribution in [1.29, 1.82) is 0 Å². The van der Waals surface area contributed by atoms with Gasteiger partial charge in [0.2, 0.25) is 15.9 Å². The SMILES string of the molecule is CC1CC(CC(=O)Nc2cccc(F)c2CCC2CNCC(C)N2S(=O)(=O)c2ccccc2)(c2ccc(Cl)cc2)CC(C)O1. The topological polar surface area (TPSA) is 87.7 Å². The summed E-state index contributed by atoms with van der Waals surface area (Å²) in [7, 11) is -3.75. The van der Waals surface area contributed by atoms with E-state index in [2.05, 4.69) is 10.6 Å². The number of nitrogens with one attached hydrogen (secondary N) is 2. The predicted molar refractivity (Wildman–Crippen MR) is 172 cm³/mol. The lowest BCUT2D eigenvalue weighted by Crippen LogP contribution is -2.58. The Hall–Kier alpha value is -2.82. The van der Waals surface area contributed by atoms with E-state index in [0.717, 1.165) is 5.56 Å². The van der Waals surface area contributed by atoms with Gasteiger partial charge in [0, 0.05) is 53.3 Å². The first kappa shape index (κ1) is 32.6. The smallest absolute Gasteiger partial charge is 0.243 e. The van der Waals surface area contributed by atoms with Crippen LogP contribution in [0.4, 0.5) is 10.1 Å². The lowest BCUT2D eigenvalue weighted by molar-refractivity contribution is -0.120. The number of hydrogen-bond acceptors (Lipinski definition) is 5. The van der Waals surface area contributed by atoms with Crippen molar-refractivity contribution in [2.24, 2.45) is 0 Å². The van der Waals surface area contributed by atoms with E-state index in [9.17, 15) is 13.2 Å². The minimum Gasteiger partial charge on any atom is -0.376 e. The van der Waals surface area contributed by atoms with E-state index in [1.807, 2.05) is 45.0 Å². The summed E-state index contributed by atoms with van der Waals surface area (Å²) in [5, 5.41) is 6.96. The van der Waals surface area contributed by atoms with Crippen LogP contribution in [0.1, 0.15) is 57.6 Å². The fourth-order valence-electron chi connectivity index (χ4n) is 7.08. The van der Waals surface area contributed by atoms with Crippen LogP contribution in [0.3, 0.4) is 0 Å². The molecule has 2 saturated heterocycles. The number of benzene rings is 3. The Labute approximate surface area is 265 Å². The van der Waals surface area contributed by atoms with Crippen LogP contribution in [0.5, 0.6) is 0 Å². The van der Waals surface area contributed by atoms with E-state index in [1.165, 1.54) is 6.07 Å². The molecule has 4 atom stereocenters. The van der Waals surface area contributed by atoms with Crippen LogP contribution < -0.4 is 10.6 Å². The Bertz CT molecular complexity index is 1540. The summed E-state index contributed by atoms with van der Waals surface area (Å²) in [4.78, 5) is 13.9. The maximum atomic E-state index is 15.3. The van der Waals surface area contributed by atoms with E-state index < -0.39 is 21.3 Å². The van der Waals surface area contributed by atoms with Gasteiger partial charge in [0.15, 0.2) is 0 Å². The van der Waals surface area contributed by atoms with Crippen molar-refractivity contribution in [2.75, 3.05) is 18.4 Å². The zero-order valence-corrected chi connectivity index (χ0v) is 27.0. The molecule has 236 valence electrons. The minimum atomic E-state index is -3.75. The number of carbonyl (C=O) groups is 1. The van der Waals surface area contributed by atoms with Crippen molar-refractivity contribution in [3.05, 3.63) is 94.8 Å². The maximum Gasteiger partial charge on any atom is 0.243 e. The molecule has 0 bridgehead atoms. The summed E-state index contributed by atoms with van der Waals surface area (Å²) in [6, 6.07) is 20.0. The summed E-state index contributed by atoms with van der Waals surface area (Å²) in [5.74, 6) is -0.646. The number of halogens is 2. The number of carbonyl (C=O) groups excluding carboxylic acids is 1. The van der Waals surface area contributed by atoms with Crippen molar-refractivity contribution >= 4 is 33.2 Å². The number of sulfonamides is 1. The average molecular weight is 642 g/mol. The van der Waals surface area contributed by atoms with Crippen LogP contribution in [0.15, 0.2) is 77.7 Å². The third-order valence-electron chi connectivity index (χ3n) is 8.83. The Balaban J connectivity index is 1.35. The van der Waals surface area contributed by atoms with E-state index in [4.69, 9.17) is 16.3 Å². The molecule has 0 aromatic heterocycles. The van der Waals surface area contributed by atoms with Crippen LogP contribution in [0.2, 0.25) is 5.02 Å². The fourth-order valence-corrected chi connectivity index (χ4v) is 9.07. The van der Waals surface area contributed by atoms with Gasteiger partial charge in [0.1, 0.15) is 5.82 Å². The van der Waals surface area contributed by atoms with E-state index in [1.54, 1.807) is 46.8 Å². The van der Waals surface area contributed by atoms with Gasteiger partial charge in [0.05, 0.1) is 17.1 Å². The highest BCUT2D eigenvalue weighted by molar-refractivity contribution is 7.89. The zero-order chi connectivity index (χ0) is 31.5. The van der Waals surface area contributed by atoms with Crippen molar-refractivity contribution in [3.63, 3.8) is 0 Å². The van der Waals surface area contributed by atoms with Gasteiger partial charge < -0.3 is 15.4 Å². The second-order valence-electron chi connectivity index (χ2n) is 12.3. The minimum absolute atomic E-state index is 0.0337. The van der Waals surface area contributed by atoms with Crippen molar-refractivity contribution in [1.82, 2.24) is 9.62 Å². The number of anilines is 1. The molecule has 44 heavy (non-hydrogen) atoms. The molecule has 3 aromatic carbocycles. The van der Waals surface area contributed by atoms with E-state index >= 15 is 4.39 Å². The van der Waals surface area contributed by atoms with E-state index in [-0.39, 0.29) is 47.9 Å². The van der Waals surface area contributed by atoms with Crippen molar-refractivity contribution in [2.45, 2.75) is 87.5 Å². The highest BCUT2D eigenvalue weighted by atomic mass is 35.5. The molecule has 2 fully saturated rings. The highest BCUT2D eigenvalue weighted by Gasteiger charge is 2.42. The molecule has 3 aromatic rings. The van der Waals surface area contributed by atoms with Crippen LogP contribution in [-0.2, 0) is 31.4 Å². The monoisotopic (exact) mass is 641 g/mol. The number of hydrogen-bond donors (Lipinski definition) is 2. The summed E-state index contributed by atoms with van der Waals surface area (Å²) in [6.07, 6.45) is 2.11. The Morgan fingerprint density at radius 3 is 2.36 bits per heavy atom. The van der Waals surface area contributed by atoms with Gasteiger partial charge in [-0.1, -0.05) is 48.0 Å². The summed E-state index contributed by atoms with van der Waals surface area (Å²) < 4.78 is 50.2. The Morgan fingerprint density at radius 2 is 1.68 bits per heavy atom. The first-order chi connectivity index (χ1) is 21.0. The molecule has 0 aliphatic carbocycles. The van der Waals surface area contributed by atoms with E-state index in [0.29, 0.717) is 48.6 Å². The quantitative estimate of drug-likeness (QED) is 0.286. The zero-order valence-electron chi connectivity index (χ0n) is 25.4. The molecule has 4 unspecified atom stereocenters. The first-order valence-electron chi connectivity index (χ1n) is 15.3. The van der Waals surface area contributed by atoms with Gasteiger partial charge in [-0.2, -0.15) is 4.31 Å². The number of amides is 1. The molecule has 5 rings (SSSR count). The summed E-state index contributed by atoms with van der Waals surface area (Å²) >= 11 is 6.18. The average Bonchev–Trinajstić information content (AvgIpc) is 2.97. The number of piperazine rings is 1. The van der Waals surface area contributed by atoms with Crippen LogP contribution in [0, 0.1) is 5.82 Å². The molecule has 0 spiro atoms. The standard InChI is InChI=1S/C34H41ClFN3O4S/c1-23-21-37-22-28(39(23)44(41,42)29-8-5-4-6-9-29)16-17-30-31(36)10-7-11-32(30)38-33(40)20-34(18-24(2)43-25(3)19-34)26-12-14-27(35)15-13-26/h4-15,23-25,28,37H,16-22H2,1-3H3,(H,38,40). The molecular weight excluding hydrogens is 601 g/mol. The van der Waals surface area contributed by atoms with Gasteiger partial charge in [-0.05, 0) is 88.4 Å². The van der Waals surface area contributed by atoms with Gasteiger partial charge in [0.25, 0.3) is 0 Å². The molecule has 0 radical (unpaired) electrons. The number of ether oxygens (including phenoxy) is 1. The number of rotatable bonds is 9. The van der Waals surface area contributed by atoms with Gasteiger partial charge in [-0.25, -0.2) is 12.8 Å². The van der Waals surface area contributed by atoms with Crippen LogP contribution >= 0.6 is 11.6 Å². The molecule has 2 aliphatic heterocycles. The van der Waals surface area contributed by atoms with Crippen molar-refractivity contribution < 1.29 is 22.3 Å². The molecule has 2 N–H and O–H groups in total. The molecule has 2 heterocycles. The maximum absolute atomic E-state index is 15.3. The first-order valence-corrected chi connectivity index (χ1v) is 17.1. The third kappa shape index (κ3) is 7.18. The fraction of sp³-hybridized carbons (Fsp3) is 0.441. The lowest BCUT2D eigenvalue weighted by Gasteiger charge is -2.43. The normalized spacial score (nSPS) is 26.3. The van der Waals surface area contributed by atoms with Crippen LogP contribution in [-0.4, -0.2) is 56.0 Å². The second-order valence-corrected chi connectivity index (χ2v) is 14.6. The molecule has 2 aliphatic rings. The molecule has 10 heteroatoms. The Kier molecular flexibility index (Phi) is 10.1. The largest absolute Gasteiger partial charge is 0.376 e. The third-order valence-corrected chi connectivity index (χ3v) is 11.2. The summed E-state index contributed by atoms with van der Waals surface area (Å²) in [5.41, 5.74) is 1.33. The van der Waals surface area contributed by atoms with Gasteiger partial charge in [-0.15, -0.1) is 0 Å². The van der Waals surface area contributed by atoms with Gasteiger partial charge in [-0.3, -0.25) is 4.79 Å². The molecule has 7 nitrogen and oxygen atoms in total. The molecule has 0 saturated carbocycles. The Morgan fingerprint density at radius 1 is 1.00 bits per heavy atom. The lowest BCUT2D eigenvalue weighted by atomic mass is 9.68. The molecule has 1 amide bonds. The summed E-state index contributed by atoms with van der Waals surface area (Å²) in [6.45, 7) is 6.90. The number of nitrogens with zero attached hydrogens (tertiary/aromatic N) is 1. The predicted octanol–water partition coefficient (Wildman–Crippen LogP) is 6.32. The van der Waals surface area contributed by atoms with Crippen molar-refractivity contribution in [3.8, 4) is 0 Å². The molecular formula is C34H41ClFN3O4S.